The number of aromatic nitrogens is 1. The molecule has 1 fully saturated rings. The molecular formula is C10H13NO2S2. The minimum atomic E-state index is -0.661. The molecule has 5 heteroatoms. The summed E-state index contributed by atoms with van der Waals surface area (Å²) in [7, 11) is 0. The fourth-order valence-corrected chi connectivity index (χ4v) is 3.65. The van der Waals surface area contributed by atoms with Gasteiger partial charge in [0.25, 0.3) is 0 Å². The van der Waals surface area contributed by atoms with Gasteiger partial charge in [-0.15, -0.1) is 11.3 Å². The van der Waals surface area contributed by atoms with Crippen LogP contribution in [0.3, 0.4) is 0 Å². The van der Waals surface area contributed by atoms with E-state index in [2.05, 4.69) is 4.98 Å². The zero-order chi connectivity index (χ0) is 10.7. The van der Waals surface area contributed by atoms with E-state index in [0.717, 1.165) is 24.3 Å². The second-order valence-corrected chi connectivity index (χ2v) is 5.99. The van der Waals surface area contributed by atoms with E-state index in [1.165, 1.54) is 4.88 Å². The van der Waals surface area contributed by atoms with Crippen molar-refractivity contribution in [3.63, 3.8) is 0 Å². The molecule has 3 nitrogen and oxygen atoms in total. The fraction of sp³-hybridized carbons (Fsp3) is 0.600. The molecular weight excluding hydrogens is 230 g/mol. The van der Waals surface area contributed by atoms with Gasteiger partial charge in [0.1, 0.15) is 0 Å². The number of thioether (sulfide) groups is 1. The number of nitrogens with zero attached hydrogens (tertiary/aromatic N) is 1. The zero-order valence-corrected chi connectivity index (χ0v) is 9.94. The third-order valence-electron chi connectivity index (χ3n) is 2.62. The second-order valence-electron chi connectivity index (χ2n) is 4.03. The molecule has 0 spiro atoms. The Morgan fingerprint density at radius 2 is 2.47 bits per heavy atom. The molecule has 0 radical (unpaired) electrons. The van der Waals surface area contributed by atoms with E-state index in [0.29, 0.717) is 6.42 Å². The average molecular weight is 243 g/mol. The second kappa shape index (κ2) is 4.53. The van der Waals surface area contributed by atoms with Gasteiger partial charge in [0.05, 0.1) is 11.9 Å². The maximum atomic E-state index is 10.6. The van der Waals surface area contributed by atoms with E-state index >= 15 is 0 Å². The minimum absolute atomic E-state index is 0.112. The molecule has 15 heavy (non-hydrogen) atoms. The lowest BCUT2D eigenvalue weighted by Crippen LogP contribution is -2.11. The van der Waals surface area contributed by atoms with Gasteiger partial charge in [-0.3, -0.25) is 9.78 Å². The van der Waals surface area contributed by atoms with E-state index in [1.54, 1.807) is 11.3 Å². The fourth-order valence-electron chi connectivity index (χ4n) is 1.55. The molecule has 0 atom stereocenters. The summed E-state index contributed by atoms with van der Waals surface area (Å²) in [6.07, 6.45) is 4.38. The number of rotatable bonds is 6. The third-order valence-corrected chi connectivity index (χ3v) is 4.91. The van der Waals surface area contributed by atoms with Crippen LogP contribution in [0.25, 0.3) is 0 Å². The Morgan fingerprint density at radius 1 is 1.67 bits per heavy atom. The van der Waals surface area contributed by atoms with Crippen LogP contribution < -0.4 is 0 Å². The van der Waals surface area contributed by atoms with Gasteiger partial charge in [0.15, 0.2) is 0 Å². The number of hydrogen-bond acceptors (Lipinski definition) is 4. The number of carboxylic acid groups (broad SMARTS) is 1. The molecule has 1 aliphatic carbocycles. The molecule has 1 heterocycles. The van der Waals surface area contributed by atoms with Crippen molar-refractivity contribution in [2.24, 2.45) is 5.41 Å². The first-order valence-electron chi connectivity index (χ1n) is 4.87. The lowest BCUT2D eigenvalue weighted by Gasteiger charge is -2.10. The Balaban J connectivity index is 1.72. The van der Waals surface area contributed by atoms with E-state index in [-0.39, 0.29) is 5.41 Å². The number of carbonyl (C=O) groups is 1. The van der Waals surface area contributed by atoms with Crippen molar-refractivity contribution in [2.75, 3.05) is 5.75 Å². The van der Waals surface area contributed by atoms with Crippen LogP contribution in [0.5, 0.6) is 0 Å². The van der Waals surface area contributed by atoms with E-state index in [9.17, 15) is 4.79 Å². The topological polar surface area (TPSA) is 50.2 Å². The Kier molecular flexibility index (Phi) is 3.31. The SMILES string of the molecule is O=C(O)CC1(CSCc2cncs2)CC1. The summed E-state index contributed by atoms with van der Waals surface area (Å²) < 4.78 is 0. The number of aliphatic carboxylic acids is 1. The molecule has 1 saturated carbocycles. The van der Waals surface area contributed by atoms with Gasteiger partial charge in [-0.1, -0.05) is 0 Å². The van der Waals surface area contributed by atoms with Crippen molar-refractivity contribution in [1.29, 1.82) is 0 Å². The van der Waals surface area contributed by atoms with E-state index < -0.39 is 5.97 Å². The minimum Gasteiger partial charge on any atom is -0.481 e. The first-order chi connectivity index (χ1) is 7.20. The Hall–Kier alpha value is -0.550. The Labute approximate surface area is 96.9 Å². The van der Waals surface area contributed by atoms with Crippen LogP contribution in [-0.2, 0) is 10.5 Å². The molecule has 1 aromatic rings. The lowest BCUT2D eigenvalue weighted by molar-refractivity contribution is -0.138. The van der Waals surface area contributed by atoms with Crippen molar-refractivity contribution in [3.8, 4) is 0 Å². The number of hydrogen-bond donors (Lipinski definition) is 1. The predicted octanol–water partition coefficient (Wildman–Crippen LogP) is 2.63. The largest absolute Gasteiger partial charge is 0.481 e. The highest BCUT2D eigenvalue weighted by Crippen LogP contribution is 2.51. The molecule has 82 valence electrons. The highest BCUT2D eigenvalue weighted by Gasteiger charge is 2.43. The quantitative estimate of drug-likeness (QED) is 0.834. The lowest BCUT2D eigenvalue weighted by atomic mass is 10.1. The summed E-state index contributed by atoms with van der Waals surface area (Å²) in [5, 5.41) is 8.76. The normalized spacial score (nSPS) is 17.6. The average Bonchev–Trinajstić information content (AvgIpc) is 2.74. The van der Waals surface area contributed by atoms with Gasteiger partial charge < -0.3 is 5.11 Å². The summed E-state index contributed by atoms with van der Waals surface area (Å²) in [6.45, 7) is 0. The van der Waals surface area contributed by atoms with Crippen molar-refractivity contribution >= 4 is 29.1 Å². The molecule has 0 unspecified atom stereocenters. The van der Waals surface area contributed by atoms with Gasteiger partial charge in [0.2, 0.25) is 0 Å². The Bertz CT molecular complexity index is 333. The van der Waals surface area contributed by atoms with Gasteiger partial charge in [0, 0.05) is 16.8 Å². The van der Waals surface area contributed by atoms with Crippen LogP contribution in [-0.4, -0.2) is 21.8 Å². The summed E-state index contributed by atoms with van der Waals surface area (Å²) in [5.74, 6) is 1.27. The molecule has 0 amide bonds. The summed E-state index contributed by atoms with van der Waals surface area (Å²) >= 11 is 3.49. The van der Waals surface area contributed by atoms with Crippen molar-refractivity contribution in [3.05, 3.63) is 16.6 Å². The van der Waals surface area contributed by atoms with Gasteiger partial charge in [-0.2, -0.15) is 11.8 Å². The summed E-state index contributed by atoms with van der Waals surface area (Å²) in [5.41, 5.74) is 1.95. The van der Waals surface area contributed by atoms with Gasteiger partial charge in [-0.25, -0.2) is 0 Å². The third kappa shape index (κ3) is 3.21. The molecule has 1 aliphatic rings. The summed E-state index contributed by atoms with van der Waals surface area (Å²) in [4.78, 5) is 15.9. The maximum Gasteiger partial charge on any atom is 0.303 e. The van der Waals surface area contributed by atoms with Crippen LogP contribution >= 0.6 is 23.1 Å². The maximum absolute atomic E-state index is 10.6. The molecule has 0 bridgehead atoms. The summed E-state index contributed by atoms with van der Waals surface area (Å²) in [6, 6.07) is 0. The van der Waals surface area contributed by atoms with Crippen molar-refractivity contribution in [1.82, 2.24) is 4.98 Å². The standard InChI is InChI=1S/C10H13NO2S2/c12-9(13)3-10(1-2-10)6-14-5-8-4-11-7-15-8/h4,7H,1-3,5-6H2,(H,12,13). The van der Waals surface area contributed by atoms with E-state index in [4.69, 9.17) is 5.11 Å². The molecule has 1 N–H and O–H groups in total. The van der Waals surface area contributed by atoms with Crippen LogP contribution in [0.2, 0.25) is 0 Å². The zero-order valence-electron chi connectivity index (χ0n) is 8.31. The van der Waals surface area contributed by atoms with Gasteiger partial charge >= 0.3 is 5.97 Å². The molecule has 2 rings (SSSR count). The predicted molar refractivity (Wildman–Crippen MR) is 62.2 cm³/mol. The van der Waals surface area contributed by atoms with Crippen LogP contribution in [0.15, 0.2) is 11.7 Å². The monoisotopic (exact) mass is 243 g/mol. The first kappa shape index (κ1) is 11.0. The highest BCUT2D eigenvalue weighted by molar-refractivity contribution is 7.98. The first-order valence-corrected chi connectivity index (χ1v) is 6.91. The number of carboxylic acids is 1. The Morgan fingerprint density at radius 3 is 3.00 bits per heavy atom. The molecule has 0 aliphatic heterocycles. The van der Waals surface area contributed by atoms with Crippen LogP contribution in [0.1, 0.15) is 24.1 Å². The molecule has 1 aromatic heterocycles. The van der Waals surface area contributed by atoms with Crippen molar-refractivity contribution < 1.29 is 9.90 Å². The van der Waals surface area contributed by atoms with Crippen molar-refractivity contribution in [2.45, 2.75) is 25.0 Å². The van der Waals surface area contributed by atoms with Crippen LogP contribution in [0, 0.1) is 5.41 Å². The van der Waals surface area contributed by atoms with E-state index in [1.807, 2.05) is 23.5 Å². The number of thiazole rings is 1. The van der Waals surface area contributed by atoms with Crippen LogP contribution in [0.4, 0.5) is 0 Å². The van der Waals surface area contributed by atoms with Gasteiger partial charge in [-0.05, 0) is 24.0 Å². The smallest absolute Gasteiger partial charge is 0.303 e. The molecule has 0 aromatic carbocycles. The highest BCUT2D eigenvalue weighted by atomic mass is 32.2. The molecule has 0 saturated heterocycles.